The highest BCUT2D eigenvalue weighted by atomic mass is 35.5. The van der Waals surface area contributed by atoms with Crippen molar-refractivity contribution in [3.63, 3.8) is 0 Å². The van der Waals surface area contributed by atoms with E-state index in [4.69, 9.17) is 11.6 Å². The lowest BCUT2D eigenvalue weighted by Crippen LogP contribution is -2.53. The van der Waals surface area contributed by atoms with Crippen molar-refractivity contribution in [2.24, 2.45) is 0 Å². The Hall–Kier alpha value is -1.76. The van der Waals surface area contributed by atoms with E-state index in [9.17, 15) is 22.8 Å². The molecular weight excluding hydrogens is 309 g/mol. The molecule has 1 aliphatic rings. The van der Waals surface area contributed by atoms with Gasteiger partial charge in [0.05, 0.1) is 0 Å². The molecule has 0 radical (unpaired) electrons. The molecule has 0 spiro atoms. The first-order valence-electron chi connectivity index (χ1n) is 6.20. The van der Waals surface area contributed by atoms with Gasteiger partial charge in [-0.2, -0.15) is 13.2 Å². The Labute approximate surface area is 124 Å². The lowest BCUT2D eigenvalue weighted by Gasteiger charge is -2.35. The predicted molar refractivity (Wildman–Crippen MR) is 70.0 cm³/mol. The van der Waals surface area contributed by atoms with E-state index in [1.807, 2.05) is 0 Å². The number of amides is 2. The molecule has 1 aromatic carbocycles. The monoisotopic (exact) mass is 320 g/mol. The molecule has 1 aromatic rings. The van der Waals surface area contributed by atoms with Crippen LogP contribution >= 0.6 is 11.6 Å². The van der Waals surface area contributed by atoms with E-state index in [2.05, 4.69) is 0 Å². The summed E-state index contributed by atoms with van der Waals surface area (Å²) in [5.41, 5.74) is 0.373. The van der Waals surface area contributed by atoms with Crippen molar-refractivity contribution in [3.8, 4) is 0 Å². The molecule has 0 N–H and O–H groups in total. The third kappa shape index (κ3) is 3.66. The summed E-state index contributed by atoms with van der Waals surface area (Å²) in [5.74, 6) is -2.17. The smallest absolute Gasteiger partial charge is 0.335 e. The summed E-state index contributed by atoms with van der Waals surface area (Å²) >= 11 is 5.79. The highest BCUT2D eigenvalue weighted by Gasteiger charge is 2.43. The standard InChI is InChI=1S/C13H12ClF3N2O2/c14-10-3-1-2-9(8-10)11(20)18-4-6-19(7-5-18)12(21)13(15,16)17/h1-3,8H,4-7H2. The average Bonchev–Trinajstić information content (AvgIpc) is 2.45. The first-order valence-corrected chi connectivity index (χ1v) is 6.58. The summed E-state index contributed by atoms with van der Waals surface area (Å²) in [5, 5.41) is 0.409. The Morgan fingerprint density at radius 2 is 1.62 bits per heavy atom. The molecule has 4 nitrogen and oxygen atoms in total. The normalized spacial score (nSPS) is 16.0. The third-order valence-electron chi connectivity index (χ3n) is 3.17. The second kappa shape index (κ2) is 5.93. The largest absolute Gasteiger partial charge is 0.471 e. The van der Waals surface area contributed by atoms with Crippen LogP contribution in [0.25, 0.3) is 0 Å². The van der Waals surface area contributed by atoms with E-state index in [1.54, 1.807) is 18.2 Å². The minimum Gasteiger partial charge on any atom is -0.335 e. The Kier molecular flexibility index (Phi) is 4.41. The molecule has 1 aliphatic heterocycles. The Balaban J connectivity index is 1.98. The quantitative estimate of drug-likeness (QED) is 0.796. The summed E-state index contributed by atoms with van der Waals surface area (Å²) < 4.78 is 36.9. The minimum absolute atomic E-state index is 0.0627. The van der Waals surface area contributed by atoms with Crippen molar-refractivity contribution >= 4 is 23.4 Å². The van der Waals surface area contributed by atoms with E-state index in [0.29, 0.717) is 15.5 Å². The van der Waals surface area contributed by atoms with Gasteiger partial charge in [-0.3, -0.25) is 9.59 Å². The Morgan fingerprint density at radius 1 is 1.05 bits per heavy atom. The van der Waals surface area contributed by atoms with E-state index in [1.165, 1.54) is 11.0 Å². The number of halogens is 4. The lowest BCUT2D eigenvalue weighted by atomic mass is 10.2. The van der Waals surface area contributed by atoms with Crippen LogP contribution in [-0.4, -0.2) is 54.0 Å². The number of hydrogen-bond donors (Lipinski definition) is 0. The number of piperazine rings is 1. The molecule has 21 heavy (non-hydrogen) atoms. The fourth-order valence-electron chi connectivity index (χ4n) is 2.10. The molecule has 8 heteroatoms. The topological polar surface area (TPSA) is 40.6 Å². The molecule has 2 amide bonds. The van der Waals surface area contributed by atoms with Gasteiger partial charge < -0.3 is 9.80 Å². The zero-order valence-electron chi connectivity index (χ0n) is 10.9. The molecular formula is C13H12ClF3N2O2. The minimum atomic E-state index is -4.88. The molecule has 0 unspecified atom stereocenters. The maximum atomic E-state index is 12.3. The van der Waals surface area contributed by atoms with Gasteiger partial charge in [-0.15, -0.1) is 0 Å². The van der Waals surface area contributed by atoms with E-state index < -0.39 is 12.1 Å². The first kappa shape index (κ1) is 15.6. The number of benzene rings is 1. The molecule has 0 aliphatic carbocycles. The number of nitrogens with zero attached hydrogens (tertiary/aromatic N) is 2. The van der Waals surface area contributed by atoms with Gasteiger partial charge in [0.1, 0.15) is 0 Å². The number of hydrogen-bond acceptors (Lipinski definition) is 2. The van der Waals surface area contributed by atoms with Crippen molar-refractivity contribution in [1.82, 2.24) is 9.80 Å². The van der Waals surface area contributed by atoms with Gasteiger partial charge in [-0.05, 0) is 18.2 Å². The molecule has 2 rings (SSSR count). The van der Waals surface area contributed by atoms with Gasteiger partial charge in [0.2, 0.25) is 0 Å². The third-order valence-corrected chi connectivity index (χ3v) is 3.40. The van der Waals surface area contributed by atoms with E-state index in [0.717, 1.165) is 0 Å². The van der Waals surface area contributed by atoms with E-state index in [-0.39, 0.29) is 32.1 Å². The van der Waals surface area contributed by atoms with Crippen LogP contribution in [0.4, 0.5) is 13.2 Å². The van der Waals surface area contributed by atoms with Crippen LogP contribution < -0.4 is 0 Å². The molecule has 1 fully saturated rings. The van der Waals surface area contributed by atoms with Gasteiger partial charge >= 0.3 is 12.1 Å². The number of rotatable bonds is 1. The molecule has 0 bridgehead atoms. The summed E-state index contributed by atoms with van der Waals surface area (Å²) in [7, 11) is 0. The van der Waals surface area contributed by atoms with Crippen molar-refractivity contribution in [1.29, 1.82) is 0 Å². The second-order valence-electron chi connectivity index (χ2n) is 4.59. The summed E-state index contributed by atoms with van der Waals surface area (Å²) in [4.78, 5) is 25.4. The van der Waals surface area contributed by atoms with Crippen molar-refractivity contribution < 1.29 is 22.8 Å². The van der Waals surface area contributed by atoms with Crippen LogP contribution in [0.2, 0.25) is 5.02 Å². The zero-order valence-corrected chi connectivity index (χ0v) is 11.6. The SMILES string of the molecule is O=C(c1cccc(Cl)c1)N1CCN(C(=O)C(F)(F)F)CC1. The maximum Gasteiger partial charge on any atom is 0.471 e. The van der Waals surface area contributed by atoms with Gasteiger partial charge in [-0.1, -0.05) is 17.7 Å². The number of alkyl halides is 3. The molecule has 0 aromatic heterocycles. The Morgan fingerprint density at radius 3 is 2.14 bits per heavy atom. The van der Waals surface area contributed by atoms with E-state index >= 15 is 0 Å². The molecule has 1 saturated heterocycles. The van der Waals surface area contributed by atoms with Gasteiger partial charge in [0.15, 0.2) is 0 Å². The fourth-order valence-corrected chi connectivity index (χ4v) is 2.29. The molecule has 0 saturated carbocycles. The summed E-state index contributed by atoms with van der Waals surface area (Å²) in [6, 6.07) is 6.33. The fraction of sp³-hybridized carbons (Fsp3) is 0.385. The highest BCUT2D eigenvalue weighted by Crippen LogP contribution is 2.20. The van der Waals surface area contributed by atoms with Gasteiger partial charge in [0.25, 0.3) is 5.91 Å². The van der Waals surface area contributed by atoms with Gasteiger partial charge in [-0.25, -0.2) is 0 Å². The number of carbonyl (C=O) groups is 2. The van der Waals surface area contributed by atoms with Crippen molar-refractivity contribution in [2.45, 2.75) is 6.18 Å². The van der Waals surface area contributed by atoms with Gasteiger partial charge in [0, 0.05) is 36.8 Å². The number of carbonyl (C=O) groups excluding carboxylic acids is 2. The summed E-state index contributed by atoms with van der Waals surface area (Å²) in [6.45, 7) is -0.143. The second-order valence-corrected chi connectivity index (χ2v) is 5.03. The Bertz CT molecular complexity index is 555. The van der Waals surface area contributed by atoms with Crippen LogP contribution in [0.5, 0.6) is 0 Å². The zero-order chi connectivity index (χ0) is 15.6. The lowest BCUT2D eigenvalue weighted by molar-refractivity contribution is -0.186. The van der Waals surface area contributed by atoms with Crippen molar-refractivity contribution in [2.75, 3.05) is 26.2 Å². The summed E-state index contributed by atoms with van der Waals surface area (Å²) in [6.07, 6.45) is -4.88. The van der Waals surface area contributed by atoms with Crippen LogP contribution in [0.3, 0.4) is 0 Å². The molecule has 1 heterocycles. The van der Waals surface area contributed by atoms with Crippen LogP contribution in [0.1, 0.15) is 10.4 Å². The van der Waals surface area contributed by atoms with Crippen LogP contribution in [0.15, 0.2) is 24.3 Å². The van der Waals surface area contributed by atoms with Crippen molar-refractivity contribution in [3.05, 3.63) is 34.9 Å². The molecule has 114 valence electrons. The predicted octanol–water partition coefficient (Wildman–Crippen LogP) is 2.19. The highest BCUT2D eigenvalue weighted by molar-refractivity contribution is 6.30. The maximum absolute atomic E-state index is 12.3. The first-order chi connectivity index (χ1) is 9.79. The molecule has 0 atom stereocenters. The average molecular weight is 321 g/mol. The van der Waals surface area contributed by atoms with Crippen LogP contribution in [-0.2, 0) is 4.79 Å². The van der Waals surface area contributed by atoms with Crippen LogP contribution in [0, 0.1) is 0 Å².